The van der Waals surface area contributed by atoms with Gasteiger partial charge in [-0.15, -0.1) is 0 Å². The summed E-state index contributed by atoms with van der Waals surface area (Å²) in [6.45, 7) is 2.64. The average molecular weight is 164 g/mol. The van der Waals surface area contributed by atoms with Crippen molar-refractivity contribution >= 4 is 0 Å². The molecule has 0 saturated carbocycles. The highest BCUT2D eigenvalue weighted by Crippen LogP contribution is 2.12. The highest BCUT2D eigenvalue weighted by molar-refractivity contribution is 4.52. The maximum absolute atomic E-state index is 5.20. The van der Waals surface area contributed by atoms with Gasteiger partial charge in [-0.25, -0.2) is 0 Å². The second kappa shape index (κ2) is 5.49. The van der Waals surface area contributed by atoms with E-state index in [-0.39, 0.29) is 6.61 Å². The zero-order chi connectivity index (χ0) is 8.74. The van der Waals surface area contributed by atoms with E-state index in [1.54, 1.807) is 7.11 Å². The molecule has 0 aliphatic rings. The third kappa shape index (κ3) is 3.16. The molecule has 0 aliphatic carbocycles. The Balaban J connectivity index is 3.96. The molecular weight excluding hydrogens is 148 g/mol. The van der Waals surface area contributed by atoms with E-state index in [1.165, 1.54) is 14.2 Å². The van der Waals surface area contributed by atoms with E-state index in [2.05, 4.69) is 0 Å². The number of hydrogen-bond donors (Lipinski definition) is 0. The fourth-order valence-corrected chi connectivity index (χ4v) is 0.757. The maximum atomic E-state index is 5.20. The van der Waals surface area contributed by atoms with Crippen LogP contribution in [-0.2, 0) is 18.9 Å². The summed E-state index contributed by atoms with van der Waals surface area (Å²) in [6, 6.07) is 0. The smallest absolute Gasteiger partial charge is 0.307 e. The second-order valence-corrected chi connectivity index (χ2v) is 1.96. The van der Waals surface area contributed by atoms with Crippen LogP contribution in [0, 0.1) is 0 Å². The lowest BCUT2D eigenvalue weighted by Gasteiger charge is -2.28. The lowest BCUT2D eigenvalue weighted by molar-refractivity contribution is -0.374. The SMILES string of the molecule is CCOC(COC)(OC)OC. The molecule has 0 heterocycles. The molecule has 0 radical (unpaired) electrons. The van der Waals surface area contributed by atoms with Gasteiger partial charge in [0.25, 0.3) is 0 Å². The fraction of sp³-hybridized carbons (Fsp3) is 1.00. The predicted molar refractivity (Wildman–Crippen MR) is 40.3 cm³/mol. The van der Waals surface area contributed by atoms with E-state index < -0.39 is 5.97 Å². The first-order valence-electron chi connectivity index (χ1n) is 3.48. The van der Waals surface area contributed by atoms with Crippen LogP contribution in [0.5, 0.6) is 0 Å². The first-order valence-corrected chi connectivity index (χ1v) is 3.48. The molecule has 0 amide bonds. The molecule has 0 atom stereocenters. The van der Waals surface area contributed by atoms with E-state index in [9.17, 15) is 0 Å². The minimum atomic E-state index is -1.04. The van der Waals surface area contributed by atoms with Gasteiger partial charge in [-0.05, 0) is 6.92 Å². The van der Waals surface area contributed by atoms with Crippen LogP contribution in [-0.4, -0.2) is 40.5 Å². The van der Waals surface area contributed by atoms with Gasteiger partial charge in [-0.2, -0.15) is 0 Å². The Bertz CT molecular complexity index is 82.4. The van der Waals surface area contributed by atoms with Crippen molar-refractivity contribution in [2.75, 3.05) is 34.5 Å². The maximum Gasteiger partial charge on any atom is 0.307 e. The van der Waals surface area contributed by atoms with Crippen molar-refractivity contribution in [1.82, 2.24) is 0 Å². The summed E-state index contributed by atoms with van der Waals surface area (Å²) >= 11 is 0. The quantitative estimate of drug-likeness (QED) is 0.539. The predicted octanol–water partition coefficient (Wildman–Crippen LogP) is 0.616. The molecule has 0 N–H and O–H groups in total. The van der Waals surface area contributed by atoms with Gasteiger partial charge in [-0.3, -0.25) is 0 Å². The standard InChI is InChI=1S/C7H16O4/c1-5-11-7(9-3,10-4)6-8-2/h5-6H2,1-4H3. The van der Waals surface area contributed by atoms with E-state index in [4.69, 9.17) is 18.9 Å². The van der Waals surface area contributed by atoms with Crippen molar-refractivity contribution in [2.24, 2.45) is 0 Å². The molecule has 0 spiro atoms. The Morgan fingerprint density at radius 3 is 1.91 bits per heavy atom. The van der Waals surface area contributed by atoms with Crippen molar-refractivity contribution in [2.45, 2.75) is 12.9 Å². The van der Waals surface area contributed by atoms with Crippen molar-refractivity contribution < 1.29 is 18.9 Å². The molecule has 4 nitrogen and oxygen atoms in total. The summed E-state index contributed by atoms with van der Waals surface area (Å²) in [5.74, 6) is -1.04. The van der Waals surface area contributed by atoms with Gasteiger partial charge in [0.1, 0.15) is 6.61 Å². The first-order chi connectivity index (χ1) is 5.24. The van der Waals surface area contributed by atoms with Gasteiger partial charge in [0, 0.05) is 27.9 Å². The highest BCUT2D eigenvalue weighted by Gasteiger charge is 2.30. The summed E-state index contributed by atoms with van der Waals surface area (Å²) in [5.41, 5.74) is 0. The molecular formula is C7H16O4. The van der Waals surface area contributed by atoms with E-state index >= 15 is 0 Å². The largest absolute Gasteiger partial charge is 0.376 e. The zero-order valence-corrected chi connectivity index (χ0v) is 7.55. The monoisotopic (exact) mass is 164 g/mol. The molecule has 0 bridgehead atoms. The summed E-state index contributed by atoms with van der Waals surface area (Å²) in [5, 5.41) is 0. The van der Waals surface area contributed by atoms with E-state index in [0.29, 0.717) is 6.61 Å². The molecule has 11 heavy (non-hydrogen) atoms. The van der Waals surface area contributed by atoms with Crippen LogP contribution in [0.15, 0.2) is 0 Å². The van der Waals surface area contributed by atoms with E-state index in [1.807, 2.05) is 6.92 Å². The molecule has 68 valence electrons. The Kier molecular flexibility index (Phi) is 5.41. The summed E-state index contributed by atoms with van der Waals surface area (Å²) in [6.07, 6.45) is 0. The van der Waals surface area contributed by atoms with Crippen LogP contribution in [0.4, 0.5) is 0 Å². The van der Waals surface area contributed by atoms with Crippen LogP contribution >= 0.6 is 0 Å². The minimum absolute atomic E-state index is 0.258. The third-order valence-electron chi connectivity index (χ3n) is 1.31. The Labute approximate surface area is 67.4 Å². The topological polar surface area (TPSA) is 36.9 Å². The number of ether oxygens (including phenoxy) is 4. The molecule has 0 fully saturated rings. The lowest BCUT2D eigenvalue weighted by Crippen LogP contribution is -2.41. The molecule has 4 heteroatoms. The van der Waals surface area contributed by atoms with Crippen LogP contribution < -0.4 is 0 Å². The van der Waals surface area contributed by atoms with Crippen molar-refractivity contribution in [1.29, 1.82) is 0 Å². The zero-order valence-electron chi connectivity index (χ0n) is 7.55. The van der Waals surface area contributed by atoms with Crippen LogP contribution in [0.25, 0.3) is 0 Å². The number of rotatable bonds is 6. The first kappa shape index (κ1) is 10.8. The normalized spacial score (nSPS) is 12.0. The summed E-state index contributed by atoms with van der Waals surface area (Å²) in [4.78, 5) is 0. The highest BCUT2D eigenvalue weighted by atomic mass is 16.9. The van der Waals surface area contributed by atoms with Gasteiger partial charge in [0.2, 0.25) is 0 Å². The average Bonchev–Trinajstić information content (AvgIpc) is 2.04. The third-order valence-corrected chi connectivity index (χ3v) is 1.31. The van der Waals surface area contributed by atoms with Crippen LogP contribution in [0.2, 0.25) is 0 Å². The second-order valence-electron chi connectivity index (χ2n) is 1.96. The molecule has 0 saturated heterocycles. The van der Waals surface area contributed by atoms with Gasteiger partial charge in [0.05, 0.1) is 0 Å². The van der Waals surface area contributed by atoms with E-state index in [0.717, 1.165) is 0 Å². The van der Waals surface area contributed by atoms with Gasteiger partial charge in [-0.1, -0.05) is 0 Å². The summed E-state index contributed by atoms with van der Waals surface area (Å²) in [7, 11) is 4.59. The van der Waals surface area contributed by atoms with Crippen molar-refractivity contribution in [3.05, 3.63) is 0 Å². The molecule has 0 unspecified atom stereocenters. The fourth-order valence-electron chi connectivity index (χ4n) is 0.757. The van der Waals surface area contributed by atoms with Crippen LogP contribution in [0.3, 0.4) is 0 Å². The Morgan fingerprint density at radius 2 is 1.64 bits per heavy atom. The Hall–Kier alpha value is -0.160. The van der Waals surface area contributed by atoms with Gasteiger partial charge in [0.15, 0.2) is 0 Å². The van der Waals surface area contributed by atoms with Crippen molar-refractivity contribution in [3.63, 3.8) is 0 Å². The number of methoxy groups -OCH3 is 3. The van der Waals surface area contributed by atoms with Crippen LogP contribution in [0.1, 0.15) is 6.92 Å². The molecule has 0 aromatic carbocycles. The van der Waals surface area contributed by atoms with Crippen molar-refractivity contribution in [3.8, 4) is 0 Å². The molecule has 0 aromatic heterocycles. The Morgan fingerprint density at radius 1 is 1.09 bits per heavy atom. The molecule has 0 rings (SSSR count). The van der Waals surface area contributed by atoms with Gasteiger partial charge >= 0.3 is 5.97 Å². The molecule has 0 aromatic rings. The molecule has 0 aliphatic heterocycles. The van der Waals surface area contributed by atoms with Gasteiger partial charge < -0.3 is 18.9 Å². The number of hydrogen-bond acceptors (Lipinski definition) is 4. The lowest BCUT2D eigenvalue weighted by atomic mass is 10.6. The minimum Gasteiger partial charge on any atom is -0.376 e. The summed E-state index contributed by atoms with van der Waals surface area (Å²) < 4.78 is 20.1.